The van der Waals surface area contributed by atoms with Crippen LogP contribution in [0.4, 0.5) is 5.95 Å². The average molecular weight is 236 g/mol. The van der Waals surface area contributed by atoms with E-state index in [9.17, 15) is 0 Å². The van der Waals surface area contributed by atoms with Crippen molar-refractivity contribution in [1.82, 2.24) is 15.0 Å². The molecule has 0 atom stereocenters. The van der Waals surface area contributed by atoms with E-state index in [1.54, 1.807) is 6.26 Å². The molecule has 0 unspecified atom stereocenters. The quantitative estimate of drug-likeness (QED) is 0.832. The van der Waals surface area contributed by atoms with E-state index < -0.39 is 0 Å². The zero-order valence-corrected chi connectivity index (χ0v) is 9.51. The van der Waals surface area contributed by atoms with Crippen molar-refractivity contribution in [2.45, 2.75) is 6.54 Å². The maximum Gasteiger partial charge on any atom is 0.324 e. The Morgan fingerprint density at radius 2 is 1.88 bits per heavy atom. The molecule has 2 aromatic heterocycles. The first kappa shape index (κ1) is 11.2. The zero-order valence-electron chi connectivity index (χ0n) is 9.51. The van der Waals surface area contributed by atoms with Crippen LogP contribution in [0.2, 0.25) is 0 Å². The molecule has 0 aliphatic carbocycles. The Labute approximate surface area is 97.8 Å². The molecule has 90 valence electrons. The number of nitrogens with zero attached hydrogens (tertiary/aromatic N) is 3. The van der Waals surface area contributed by atoms with E-state index in [0.717, 1.165) is 5.76 Å². The lowest BCUT2D eigenvalue weighted by Gasteiger charge is -2.05. The Bertz CT molecular complexity index is 450. The van der Waals surface area contributed by atoms with Gasteiger partial charge in [0.2, 0.25) is 5.95 Å². The lowest BCUT2D eigenvalue weighted by atomic mass is 10.4. The van der Waals surface area contributed by atoms with E-state index in [1.165, 1.54) is 14.2 Å². The van der Waals surface area contributed by atoms with Crippen molar-refractivity contribution in [2.24, 2.45) is 0 Å². The molecular formula is C10H12N4O3. The van der Waals surface area contributed by atoms with Gasteiger partial charge in [-0.25, -0.2) is 0 Å². The molecular weight excluding hydrogens is 224 g/mol. The van der Waals surface area contributed by atoms with Gasteiger partial charge in [0.15, 0.2) is 0 Å². The van der Waals surface area contributed by atoms with Crippen molar-refractivity contribution in [2.75, 3.05) is 19.5 Å². The molecule has 0 fully saturated rings. The molecule has 0 spiro atoms. The minimum atomic E-state index is 0.193. The van der Waals surface area contributed by atoms with E-state index in [1.807, 2.05) is 12.1 Å². The average Bonchev–Trinajstić information content (AvgIpc) is 2.89. The van der Waals surface area contributed by atoms with E-state index in [4.69, 9.17) is 13.9 Å². The maximum absolute atomic E-state index is 5.17. The number of hydrogen-bond acceptors (Lipinski definition) is 7. The number of methoxy groups -OCH3 is 2. The molecule has 0 amide bonds. The van der Waals surface area contributed by atoms with Crippen molar-refractivity contribution in [1.29, 1.82) is 0 Å². The fourth-order valence-corrected chi connectivity index (χ4v) is 1.18. The van der Waals surface area contributed by atoms with Crippen LogP contribution in [-0.4, -0.2) is 29.2 Å². The van der Waals surface area contributed by atoms with Crippen LogP contribution in [0.15, 0.2) is 22.8 Å². The van der Waals surface area contributed by atoms with Crippen LogP contribution < -0.4 is 14.8 Å². The lowest BCUT2D eigenvalue weighted by molar-refractivity contribution is 0.341. The van der Waals surface area contributed by atoms with Crippen LogP contribution in [-0.2, 0) is 6.54 Å². The molecule has 0 aromatic carbocycles. The van der Waals surface area contributed by atoms with Gasteiger partial charge in [-0.15, -0.1) is 4.98 Å². The minimum Gasteiger partial charge on any atom is -0.467 e. The third-order valence-electron chi connectivity index (χ3n) is 1.96. The topological polar surface area (TPSA) is 82.3 Å². The summed E-state index contributed by atoms with van der Waals surface area (Å²) in [4.78, 5) is 11.9. The second kappa shape index (κ2) is 5.15. The van der Waals surface area contributed by atoms with Gasteiger partial charge >= 0.3 is 12.0 Å². The summed E-state index contributed by atoms with van der Waals surface area (Å²) in [5.74, 6) is 1.15. The number of anilines is 1. The molecule has 17 heavy (non-hydrogen) atoms. The maximum atomic E-state index is 5.17. The Hall–Kier alpha value is -2.31. The predicted molar refractivity (Wildman–Crippen MR) is 59.0 cm³/mol. The van der Waals surface area contributed by atoms with Gasteiger partial charge in [-0.2, -0.15) is 9.97 Å². The molecule has 2 aromatic rings. The van der Waals surface area contributed by atoms with Gasteiger partial charge in [-0.3, -0.25) is 0 Å². The Balaban J connectivity index is 2.09. The molecule has 7 nitrogen and oxygen atoms in total. The Kier molecular flexibility index (Phi) is 3.39. The lowest BCUT2D eigenvalue weighted by Crippen LogP contribution is -2.06. The zero-order chi connectivity index (χ0) is 12.1. The van der Waals surface area contributed by atoms with E-state index in [0.29, 0.717) is 12.5 Å². The smallest absolute Gasteiger partial charge is 0.324 e. The van der Waals surface area contributed by atoms with Gasteiger partial charge in [-0.1, -0.05) is 0 Å². The van der Waals surface area contributed by atoms with Crippen molar-refractivity contribution < 1.29 is 13.9 Å². The molecule has 0 saturated heterocycles. The van der Waals surface area contributed by atoms with Gasteiger partial charge in [0, 0.05) is 0 Å². The summed E-state index contributed by atoms with van der Waals surface area (Å²) < 4.78 is 15.0. The van der Waals surface area contributed by atoms with Crippen molar-refractivity contribution in [3.63, 3.8) is 0 Å². The number of ether oxygens (including phenoxy) is 2. The van der Waals surface area contributed by atoms with Crippen molar-refractivity contribution >= 4 is 5.95 Å². The van der Waals surface area contributed by atoms with Crippen LogP contribution in [0, 0.1) is 0 Å². The summed E-state index contributed by atoms with van der Waals surface area (Å²) in [5, 5.41) is 2.98. The highest BCUT2D eigenvalue weighted by Gasteiger charge is 2.07. The predicted octanol–water partition coefficient (Wildman–Crippen LogP) is 1.09. The first-order valence-electron chi connectivity index (χ1n) is 4.92. The molecule has 2 rings (SSSR count). The summed E-state index contributed by atoms with van der Waals surface area (Å²) in [6, 6.07) is 4.05. The first-order chi connectivity index (χ1) is 8.31. The highest BCUT2D eigenvalue weighted by molar-refractivity contribution is 5.28. The largest absolute Gasteiger partial charge is 0.467 e. The van der Waals surface area contributed by atoms with Gasteiger partial charge in [-0.05, 0) is 12.1 Å². The normalized spacial score (nSPS) is 10.0. The molecule has 1 N–H and O–H groups in total. The van der Waals surface area contributed by atoms with Crippen LogP contribution in [0.3, 0.4) is 0 Å². The van der Waals surface area contributed by atoms with E-state index >= 15 is 0 Å². The molecule has 0 radical (unpaired) electrons. The number of rotatable bonds is 5. The summed E-state index contributed by atoms with van der Waals surface area (Å²) >= 11 is 0. The van der Waals surface area contributed by atoms with Gasteiger partial charge in [0.05, 0.1) is 27.0 Å². The monoisotopic (exact) mass is 236 g/mol. The van der Waals surface area contributed by atoms with Crippen LogP contribution >= 0.6 is 0 Å². The second-order valence-electron chi connectivity index (χ2n) is 3.07. The van der Waals surface area contributed by atoms with Crippen LogP contribution in [0.25, 0.3) is 0 Å². The van der Waals surface area contributed by atoms with E-state index in [2.05, 4.69) is 20.3 Å². The standard InChI is InChI=1S/C10H12N4O3/c1-15-9-12-8(13-10(14-9)16-2)11-6-7-4-3-5-17-7/h3-5H,6H2,1-2H3,(H,11,12,13,14). The van der Waals surface area contributed by atoms with Crippen molar-refractivity contribution in [3.05, 3.63) is 24.2 Å². The number of hydrogen-bond donors (Lipinski definition) is 1. The first-order valence-corrected chi connectivity index (χ1v) is 4.92. The molecule has 2 heterocycles. The van der Waals surface area contributed by atoms with Crippen molar-refractivity contribution in [3.8, 4) is 12.0 Å². The molecule has 7 heteroatoms. The Morgan fingerprint density at radius 1 is 1.18 bits per heavy atom. The number of aromatic nitrogens is 3. The summed E-state index contributed by atoms with van der Waals surface area (Å²) in [7, 11) is 2.95. The highest BCUT2D eigenvalue weighted by Crippen LogP contribution is 2.12. The van der Waals surface area contributed by atoms with Crippen LogP contribution in [0.5, 0.6) is 12.0 Å². The van der Waals surface area contributed by atoms with Crippen LogP contribution in [0.1, 0.15) is 5.76 Å². The van der Waals surface area contributed by atoms with Gasteiger partial charge in [0.25, 0.3) is 0 Å². The van der Waals surface area contributed by atoms with Gasteiger partial charge in [0.1, 0.15) is 5.76 Å². The van der Waals surface area contributed by atoms with Gasteiger partial charge < -0.3 is 19.2 Å². The molecule has 0 bridgehead atoms. The molecule has 0 aliphatic heterocycles. The molecule has 0 aliphatic rings. The number of furan rings is 1. The summed E-state index contributed by atoms with van der Waals surface area (Å²) in [6.45, 7) is 0.476. The fourth-order valence-electron chi connectivity index (χ4n) is 1.18. The SMILES string of the molecule is COc1nc(NCc2ccco2)nc(OC)n1. The third kappa shape index (κ3) is 2.83. The fraction of sp³-hybridized carbons (Fsp3) is 0.300. The minimum absolute atomic E-state index is 0.193. The Morgan fingerprint density at radius 3 is 2.41 bits per heavy atom. The highest BCUT2D eigenvalue weighted by atomic mass is 16.5. The summed E-state index contributed by atoms with van der Waals surface area (Å²) in [5.41, 5.74) is 0. The van der Waals surface area contributed by atoms with E-state index in [-0.39, 0.29) is 12.0 Å². The second-order valence-corrected chi connectivity index (χ2v) is 3.07. The number of nitrogens with one attached hydrogen (secondary N) is 1. The third-order valence-corrected chi connectivity index (χ3v) is 1.96. The summed E-state index contributed by atoms with van der Waals surface area (Å²) in [6.07, 6.45) is 1.60. The molecule has 0 saturated carbocycles.